The number of hydrogen-bond acceptors (Lipinski definition) is 3. The molecule has 15 heavy (non-hydrogen) atoms. The monoisotopic (exact) mass is 216 g/mol. The summed E-state index contributed by atoms with van der Waals surface area (Å²) < 4.78 is 5.46. The van der Waals surface area contributed by atoms with E-state index in [4.69, 9.17) is 15.7 Å². The van der Waals surface area contributed by atoms with E-state index in [0.29, 0.717) is 12.3 Å². The van der Waals surface area contributed by atoms with Crippen LogP contribution in [0.25, 0.3) is 0 Å². The summed E-state index contributed by atoms with van der Waals surface area (Å²) in [7, 11) is 0. The smallest absolute Gasteiger partial charge is 0.139 e. The SMILES string of the molecule is CC(C)CCCOCCCC/C(N)=N/O. The number of ether oxygens (including phenoxy) is 1. The molecule has 0 radical (unpaired) electrons. The van der Waals surface area contributed by atoms with E-state index in [0.717, 1.165) is 38.4 Å². The fraction of sp³-hybridized carbons (Fsp3) is 0.909. The molecular weight excluding hydrogens is 192 g/mol. The number of nitrogens with two attached hydrogens (primary N) is 1. The summed E-state index contributed by atoms with van der Waals surface area (Å²) in [6.07, 6.45) is 4.89. The molecule has 0 bridgehead atoms. The van der Waals surface area contributed by atoms with Gasteiger partial charge in [-0.1, -0.05) is 19.0 Å². The molecule has 0 rings (SSSR count). The Morgan fingerprint density at radius 2 is 1.93 bits per heavy atom. The van der Waals surface area contributed by atoms with E-state index in [1.54, 1.807) is 0 Å². The first kappa shape index (κ1) is 14.2. The number of oxime groups is 1. The van der Waals surface area contributed by atoms with Crippen molar-refractivity contribution in [1.82, 2.24) is 0 Å². The van der Waals surface area contributed by atoms with Gasteiger partial charge in [0.2, 0.25) is 0 Å². The second-order valence-electron chi connectivity index (χ2n) is 4.20. The van der Waals surface area contributed by atoms with Crippen molar-refractivity contribution in [2.45, 2.75) is 46.0 Å². The largest absolute Gasteiger partial charge is 0.409 e. The van der Waals surface area contributed by atoms with E-state index in [2.05, 4.69) is 19.0 Å². The number of unbranched alkanes of at least 4 members (excludes halogenated alkanes) is 1. The van der Waals surface area contributed by atoms with E-state index in [1.165, 1.54) is 6.42 Å². The lowest BCUT2D eigenvalue weighted by Crippen LogP contribution is -2.11. The maximum absolute atomic E-state index is 8.29. The molecule has 0 spiro atoms. The zero-order valence-corrected chi connectivity index (χ0v) is 9.91. The Morgan fingerprint density at radius 1 is 1.27 bits per heavy atom. The van der Waals surface area contributed by atoms with Gasteiger partial charge in [0.25, 0.3) is 0 Å². The summed E-state index contributed by atoms with van der Waals surface area (Å²) in [5.41, 5.74) is 5.33. The Bertz CT molecular complexity index is 170. The lowest BCUT2D eigenvalue weighted by molar-refractivity contribution is 0.124. The normalized spacial score (nSPS) is 12.3. The molecule has 0 heterocycles. The number of nitrogens with zero attached hydrogens (tertiary/aromatic N) is 1. The van der Waals surface area contributed by atoms with Gasteiger partial charge in [-0.05, 0) is 31.6 Å². The second-order valence-corrected chi connectivity index (χ2v) is 4.20. The average Bonchev–Trinajstić information content (AvgIpc) is 2.21. The Kier molecular flexibility index (Phi) is 9.27. The minimum atomic E-state index is 0.301. The maximum Gasteiger partial charge on any atom is 0.139 e. The van der Waals surface area contributed by atoms with Gasteiger partial charge >= 0.3 is 0 Å². The van der Waals surface area contributed by atoms with Crippen LogP contribution in [0.2, 0.25) is 0 Å². The van der Waals surface area contributed by atoms with Crippen molar-refractivity contribution < 1.29 is 9.94 Å². The number of rotatable bonds is 9. The van der Waals surface area contributed by atoms with Gasteiger partial charge in [0.1, 0.15) is 5.84 Å². The van der Waals surface area contributed by atoms with E-state index in [9.17, 15) is 0 Å². The van der Waals surface area contributed by atoms with Crippen molar-refractivity contribution in [3.05, 3.63) is 0 Å². The van der Waals surface area contributed by atoms with Crippen LogP contribution in [0.5, 0.6) is 0 Å². The third-order valence-corrected chi connectivity index (χ3v) is 2.17. The fourth-order valence-corrected chi connectivity index (χ4v) is 1.26. The minimum Gasteiger partial charge on any atom is -0.409 e. The molecule has 90 valence electrons. The van der Waals surface area contributed by atoms with Gasteiger partial charge < -0.3 is 15.7 Å². The maximum atomic E-state index is 8.29. The van der Waals surface area contributed by atoms with Crippen molar-refractivity contribution in [2.75, 3.05) is 13.2 Å². The summed E-state index contributed by atoms with van der Waals surface area (Å²) in [5, 5.41) is 11.2. The molecule has 4 heteroatoms. The van der Waals surface area contributed by atoms with Crippen molar-refractivity contribution in [1.29, 1.82) is 0 Å². The van der Waals surface area contributed by atoms with Crippen LogP contribution in [-0.2, 0) is 4.74 Å². The highest BCUT2D eigenvalue weighted by Crippen LogP contribution is 2.03. The lowest BCUT2D eigenvalue weighted by Gasteiger charge is -2.05. The first-order chi connectivity index (χ1) is 7.16. The van der Waals surface area contributed by atoms with Gasteiger partial charge in [0.15, 0.2) is 0 Å². The van der Waals surface area contributed by atoms with Gasteiger partial charge in [-0.3, -0.25) is 0 Å². The number of amidine groups is 1. The number of hydrogen-bond donors (Lipinski definition) is 2. The van der Waals surface area contributed by atoms with Crippen molar-refractivity contribution in [3.63, 3.8) is 0 Å². The Morgan fingerprint density at radius 3 is 2.53 bits per heavy atom. The van der Waals surface area contributed by atoms with E-state index >= 15 is 0 Å². The predicted molar refractivity (Wildman–Crippen MR) is 62.2 cm³/mol. The van der Waals surface area contributed by atoms with Crippen molar-refractivity contribution in [2.24, 2.45) is 16.8 Å². The highest BCUT2D eigenvalue weighted by molar-refractivity contribution is 5.79. The molecule has 0 saturated carbocycles. The second kappa shape index (κ2) is 9.77. The molecule has 3 N–H and O–H groups in total. The molecule has 0 aliphatic rings. The van der Waals surface area contributed by atoms with Gasteiger partial charge in [0, 0.05) is 19.6 Å². The molecule has 0 aliphatic carbocycles. The summed E-state index contributed by atoms with van der Waals surface area (Å²) in [6, 6.07) is 0. The highest BCUT2D eigenvalue weighted by Gasteiger charge is 1.96. The van der Waals surface area contributed by atoms with Crippen LogP contribution in [-0.4, -0.2) is 24.3 Å². The van der Waals surface area contributed by atoms with Crippen LogP contribution in [0, 0.1) is 5.92 Å². The zero-order chi connectivity index (χ0) is 11.5. The molecule has 0 aliphatic heterocycles. The van der Waals surface area contributed by atoms with Crippen LogP contribution in [0.15, 0.2) is 5.16 Å². The van der Waals surface area contributed by atoms with Crippen molar-refractivity contribution >= 4 is 5.84 Å². The molecule has 0 aromatic heterocycles. The summed E-state index contributed by atoms with van der Waals surface area (Å²) in [6.45, 7) is 6.06. The molecule has 0 amide bonds. The topological polar surface area (TPSA) is 67.8 Å². The Balaban J connectivity index is 3.05. The lowest BCUT2D eigenvalue weighted by atomic mass is 10.1. The molecule has 4 nitrogen and oxygen atoms in total. The standard InChI is InChI=1S/C11H24N2O2/c1-10(2)6-5-9-15-8-4-3-7-11(12)13-14/h10,14H,3-9H2,1-2H3,(H2,12,13). The van der Waals surface area contributed by atoms with E-state index < -0.39 is 0 Å². The minimum absolute atomic E-state index is 0.301. The summed E-state index contributed by atoms with van der Waals surface area (Å²) in [4.78, 5) is 0. The predicted octanol–water partition coefficient (Wildman–Crippen LogP) is 2.36. The molecule has 0 unspecified atom stereocenters. The van der Waals surface area contributed by atoms with Crippen LogP contribution < -0.4 is 5.73 Å². The third kappa shape index (κ3) is 11.2. The fourth-order valence-electron chi connectivity index (χ4n) is 1.26. The van der Waals surface area contributed by atoms with E-state index in [1.807, 2.05) is 0 Å². The van der Waals surface area contributed by atoms with E-state index in [-0.39, 0.29) is 0 Å². The third-order valence-electron chi connectivity index (χ3n) is 2.17. The molecular formula is C11H24N2O2. The summed E-state index contributed by atoms with van der Waals surface area (Å²) in [5.74, 6) is 1.06. The Labute approximate surface area is 92.5 Å². The van der Waals surface area contributed by atoms with Gasteiger partial charge in [-0.15, -0.1) is 0 Å². The molecule has 0 aromatic rings. The van der Waals surface area contributed by atoms with Crippen LogP contribution >= 0.6 is 0 Å². The van der Waals surface area contributed by atoms with Crippen LogP contribution in [0.3, 0.4) is 0 Å². The first-order valence-corrected chi connectivity index (χ1v) is 5.71. The Hall–Kier alpha value is -0.770. The van der Waals surface area contributed by atoms with Gasteiger partial charge in [-0.2, -0.15) is 0 Å². The molecule has 0 aromatic carbocycles. The summed E-state index contributed by atoms with van der Waals surface area (Å²) >= 11 is 0. The van der Waals surface area contributed by atoms with Crippen LogP contribution in [0.1, 0.15) is 46.0 Å². The molecule has 0 atom stereocenters. The zero-order valence-electron chi connectivity index (χ0n) is 9.91. The van der Waals surface area contributed by atoms with Crippen molar-refractivity contribution in [3.8, 4) is 0 Å². The quantitative estimate of drug-likeness (QED) is 0.204. The van der Waals surface area contributed by atoms with Gasteiger partial charge in [0.05, 0.1) is 0 Å². The highest BCUT2D eigenvalue weighted by atomic mass is 16.5. The molecule has 0 saturated heterocycles. The van der Waals surface area contributed by atoms with Gasteiger partial charge in [-0.25, -0.2) is 0 Å². The van der Waals surface area contributed by atoms with Crippen LogP contribution in [0.4, 0.5) is 0 Å². The molecule has 0 fully saturated rings. The average molecular weight is 216 g/mol. The first-order valence-electron chi connectivity index (χ1n) is 5.71.